The summed E-state index contributed by atoms with van der Waals surface area (Å²) in [6, 6.07) is 0. The monoisotopic (exact) mass is 166 g/mol. The summed E-state index contributed by atoms with van der Waals surface area (Å²) in [6.45, 7) is 1.96. The van der Waals surface area contributed by atoms with Gasteiger partial charge >= 0.3 is 0 Å². The molecule has 0 aliphatic heterocycles. The molecule has 0 radical (unpaired) electrons. The summed E-state index contributed by atoms with van der Waals surface area (Å²) >= 11 is 0. The zero-order chi connectivity index (χ0) is 9.19. The lowest BCUT2D eigenvalue weighted by Gasteiger charge is -2.05. The molecule has 3 heteroatoms. The first-order valence-electron chi connectivity index (χ1n) is 4.04. The summed E-state index contributed by atoms with van der Waals surface area (Å²) < 4.78 is 0. The number of Topliss-reactive ketones (excluding diaryl/α,β-unsaturated/α-hetero) is 1. The van der Waals surface area contributed by atoms with Gasteiger partial charge in [-0.1, -0.05) is 6.92 Å². The quantitative estimate of drug-likeness (QED) is 0.633. The largest absolute Gasteiger partial charge is 0.405 e. The SMILES string of the molecule is CN=C(C=CN)C(=O)C1(C)CC1. The van der Waals surface area contributed by atoms with E-state index in [1.807, 2.05) is 6.92 Å². The predicted octanol–water partition coefficient (Wildman–Crippen LogP) is 0.899. The van der Waals surface area contributed by atoms with E-state index >= 15 is 0 Å². The average Bonchev–Trinajstić information content (AvgIpc) is 2.79. The molecular weight excluding hydrogens is 152 g/mol. The Balaban J connectivity index is 2.74. The van der Waals surface area contributed by atoms with Crippen molar-refractivity contribution in [1.29, 1.82) is 0 Å². The standard InChI is InChI=1S/C9H14N2O/c1-9(4-5-9)8(12)7(11-2)3-6-10/h3,6H,4-5,10H2,1-2H3. The van der Waals surface area contributed by atoms with E-state index < -0.39 is 0 Å². The summed E-state index contributed by atoms with van der Waals surface area (Å²) in [7, 11) is 1.61. The molecule has 0 saturated heterocycles. The fourth-order valence-corrected chi connectivity index (χ4v) is 1.07. The van der Waals surface area contributed by atoms with Crippen LogP contribution in [-0.4, -0.2) is 18.5 Å². The highest BCUT2D eigenvalue weighted by molar-refractivity contribution is 6.46. The molecule has 0 amide bonds. The Morgan fingerprint density at radius 2 is 2.17 bits per heavy atom. The molecule has 66 valence electrons. The lowest BCUT2D eigenvalue weighted by Crippen LogP contribution is -2.21. The van der Waals surface area contributed by atoms with Gasteiger partial charge in [-0.3, -0.25) is 9.79 Å². The summed E-state index contributed by atoms with van der Waals surface area (Å²) in [5.41, 5.74) is 5.53. The molecule has 12 heavy (non-hydrogen) atoms. The number of aliphatic imine (C=N–C) groups is 1. The van der Waals surface area contributed by atoms with Gasteiger partial charge < -0.3 is 5.73 Å². The Kier molecular flexibility index (Phi) is 2.31. The van der Waals surface area contributed by atoms with E-state index in [4.69, 9.17) is 5.73 Å². The number of ketones is 1. The minimum atomic E-state index is -0.144. The molecule has 1 aliphatic carbocycles. The smallest absolute Gasteiger partial charge is 0.186 e. The van der Waals surface area contributed by atoms with Crippen molar-refractivity contribution in [2.75, 3.05) is 7.05 Å². The molecule has 3 nitrogen and oxygen atoms in total. The first kappa shape index (κ1) is 8.97. The number of nitrogens with zero attached hydrogens (tertiary/aromatic N) is 1. The molecule has 0 aromatic carbocycles. The van der Waals surface area contributed by atoms with Crippen molar-refractivity contribution in [3.05, 3.63) is 12.3 Å². The number of nitrogens with two attached hydrogens (primary N) is 1. The molecule has 0 spiro atoms. The second-order valence-corrected chi connectivity index (χ2v) is 3.36. The molecule has 0 aromatic rings. The highest BCUT2D eigenvalue weighted by atomic mass is 16.1. The van der Waals surface area contributed by atoms with Crippen LogP contribution >= 0.6 is 0 Å². The number of hydrogen-bond donors (Lipinski definition) is 1. The Bertz CT molecular complexity index is 249. The molecule has 1 fully saturated rings. The minimum absolute atomic E-state index is 0.117. The fraction of sp³-hybridized carbons (Fsp3) is 0.556. The molecule has 0 heterocycles. The van der Waals surface area contributed by atoms with Gasteiger partial charge in [0.05, 0.1) is 0 Å². The van der Waals surface area contributed by atoms with Crippen LogP contribution in [-0.2, 0) is 4.79 Å². The lowest BCUT2D eigenvalue weighted by molar-refractivity contribution is -0.117. The van der Waals surface area contributed by atoms with Crippen LogP contribution in [0.5, 0.6) is 0 Å². The van der Waals surface area contributed by atoms with Crippen LogP contribution in [0.3, 0.4) is 0 Å². The van der Waals surface area contributed by atoms with E-state index in [0.717, 1.165) is 12.8 Å². The highest BCUT2D eigenvalue weighted by Gasteiger charge is 2.45. The van der Waals surface area contributed by atoms with Crippen LogP contribution in [0.2, 0.25) is 0 Å². The molecule has 0 atom stereocenters. The average molecular weight is 166 g/mol. The van der Waals surface area contributed by atoms with Gasteiger partial charge in [-0.15, -0.1) is 0 Å². The maximum atomic E-state index is 11.6. The van der Waals surface area contributed by atoms with Crippen molar-refractivity contribution in [1.82, 2.24) is 0 Å². The number of carbonyl (C=O) groups excluding carboxylic acids is 1. The van der Waals surface area contributed by atoms with E-state index in [1.165, 1.54) is 6.20 Å². The van der Waals surface area contributed by atoms with Crippen LogP contribution in [0.25, 0.3) is 0 Å². The molecule has 1 aliphatic rings. The fourth-order valence-electron chi connectivity index (χ4n) is 1.07. The van der Waals surface area contributed by atoms with Crippen LogP contribution in [0.1, 0.15) is 19.8 Å². The van der Waals surface area contributed by atoms with E-state index in [1.54, 1.807) is 13.1 Å². The van der Waals surface area contributed by atoms with Crippen molar-refractivity contribution >= 4 is 11.5 Å². The Morgan fingerprint density at radius 1 is 1.58 bits per heavy atom. The van der Waals surface area contributed by atoms with Crippen LogP contribution < -0.4 is 5.73 Å². The Hall–Kier alpha value is -1.12. The third-order valence-corrected chi connectivity index (χ3v) is 2.28. The van der Waals surface area contributed by atoms with Crippen molar-refractivity contribution in [2.24, 2.45) is 16.1 Å². The van der Waals surface area contributed by atoms with Gasteiger partial charge in [0.1, 0.15) is 5.71 Å². The normalized spacial score (nSPS) is 21.3. The first-order valence-corrected chi connectivity index (χ1v) is 4.04. The van der Waals surface area contributed by atoms with E-state index in [-0.39, 0.29) is 11.2 Å². The van der Waals surface area contributed by atoms with Gasteiger partial charge in [0.25, 0.3) is 0 Å². The third kappa shape index (κ3) is 1.55. The molecule has 1 saturated carbocycles. The van der Waals surface area contributed by atoms with Crippen molar-refractivity contribution < 1.29 is 4.79 Å². The Morgan fingerprint density at radius 3 is 2.50 bits per heavy atom. The van der Waals surface area contributed by atoms with Crippen LogP contribution in [0.4, 0.5) is 0 Å². The molecular formula is C9H14N2O. The third-order valence-electron chi connectivity index (χ3n) is 2.28. The van der Waals surface area contributed by atoms with E-state index in [9.17, 15) is 4.79 Å². The van der Waals surface area contributed by atoms with E-state index in [0.29, 0.717) is 5.71 Å². The topological polar surface area (TPSA) is 55.4 Å². The number of rotatable bonds is 3. The molecule has 1 rings (SSSR count). The van der Waals surface area contributed by atoms with Crippen LogP contribution in [0, 0.1) is 5.41 Å². The van der Waals surface area contributed by atoms with Gasteiger partial charge in [-0.2, -0.15) is 0 Å². The highest BCUT2D eigenvalue weighted by Crippen LogP contribution is 2.46. The van der Waals surface area contributed by atoms with E-state index in [2.05, 4.69) is 4.99 Å². The zero-order valence-electron chi connectivity index (χ0n) is 7.50. The second kappa shape index (κ2) is 3.09. The maximum Gasteiger partial charge on any atom is 0.186 e. The summed E-state index contributed by atoms with van der Waals surface area (Å²) in [5.74, 6) is 0.117. The summed E-state index contributed by atoms with van der Waals surface area (Å²) in [4.78, 5) is 15.5. The van der Waals surface area contributed by atoms with Crippen molar-refractivity contribution in [3.8, 4) is 0 Å². The van der Waals surface area contributed by atoms with Crippen molar-refractivity contribution in [3.63, 3.8) is 0 Å². The molecule has 2 N–H and O–H groups in total. The first-order chi connectivity index (χ1) is 5.64. The summed E-state index contributed by atoms with van der Waals surface area (Å²) in [6.07, 6.45) is 4.87. The Labute approximate surface area is 72.4 Å². The number of hydrogen-bond acceptors (Lipinski definition) is 3. The molecule has 0 unspecified atom stereocenters. The number of allylic oxidation sites excluding steroid dienone is 1. The molecule has 0 bridgehead atoms. The van der Waals surface area contributed by atoms with Gasteiger partial charge in [0, 0.05) is 12.5 Å². The second-order valence-electron chi connectivity index (χ2n) is 3.36. The summed E-state index contributed by atoms with van der Waals surface area (Å²) in [5, 5.41) is 0. The number of carbonyl (C=O) groups is 1. The maximum absolute atomic E-state index is 11.6. The van der Waals surface area contributed by atoms with Gasteiger partial charge in [-0.25, -0.2) is 0 Å². The zero-order valence-corrected chi connectivity index (χ0v) is 7.50. The van der Waals surface area contributed by atoms with Crippen molar-refractivity contribution in [2.45, 2.75) is 19.8 Å². The predicted molar refractivity (Wildman–Crippen MR) is 49.0 cm³/mol. The lowest BCUT2D eigenvalue weighted by atomic mass is 9.99. The van der Waals surface area contributed by atoms with Gasteiger partial charge in [0.15, 0.2) is 5.78 Å². The molecule has 0 aromatic heterocycles. The minimum Gasteiger partial charge on any atom is -0.405 e. The van der Waals surface area contributed by atoms with Crippen LogP contribution in [0.15, 0.2) is 17.3 Å². The van der Waals surface area contributed by atoms with Gasteiger partial charge in [-0.05, 0) is 25.1 Å². The van der Waals surface area contributed by atoms with Gasteiger partial charge in [0.2, 0.25) is 0 Å².